The molecule has 0 bridgehead atoms. The first-order chi connectivity index (χ1) is 7.52. The maximum atomic E-state index is 11.3. The minimum atomic E-state index is -1.30. The van der Waals surface area contributed by atoms with Crippen molar-refractivity contribution >= 4 is 47.5 Å². The van der Waals surface area contributed by atoms with Crippen LogP contribution < -0.4 is 0 Å². The zero-order valence-corrected chi connectivity index (χ0v) is 8.04. The summed E-state index contributed by atoms with van der Waals surface area (Å²) in [6, 6.07) is 5.41. The summed E-state index contributed by atoms with van der Waals surface area (Å²) in [5.74, 6) is -3.55. The summed E-state index contributed by atoms with van der Waals surface area (Å²) < 4.78 is 4.38. The third kappa shape index (κ3) is 4.56. The van der Waals surface area contributed by atoms with Crippen molar-refractivity contribution in [2.75, 3.05) is 6.61 Å². The number of benzene rings is 1. The van der Waals surface area contributed by atoms with E-state index in [1.54, 1.807) is 0 Å². The molecule has 0 aliphatic heterocycles. The fourth-order valence-electron chi connectivity index (χ4n) is 1.05. The molecule has 7 heteroatoms. The van der Waals surface area contributed by atoms with Gasteiger partial charge >= 0.3 is 47.5 Å². The van der Waals surface area contributed by atoms with Crippen molar-refractivity contribution in [2.24, 2.45) is 0 Å². The van der Waals surface area contributed by atoms with Gasteiger partial charge in [0.15, 0.2) is 6.61 Å². The van der Waals surface area contributed by atoms with Gasteiger partial charge in [-0.15, -0.1) is 0 Å². The predicted molar refractivity (Wildman–Crippen MR) is 58.5 cm³/mol. The molecule has 0 fully saturated rings. The van der Waals surface area contributed by atoms with Crippen LogP contribution in [0.15, 0.2) is 24.3 Å². The Kier molecular flexibility index (Phi) is 6.48. The molecule has 0 aromatic heterocycles. The van der Waals surface area contributed by atoms with E-state index in [9.17, 15) is 14.4 Å². The van der Waals surface area contributed by atoms with Gasteiger partial charge in [-0.05, 0) is 12.1 Å². The summed E-state index contributed by atoms with van der Waals surface area (Å²) in [5, 5.41) is 17.1. The number of aliphatic carboxylic acids is 1. The van der Waals surface area contributed by atoms with Gasteiger partial charge in [0.25, 0.3) is 0 Å². The molecule has 1 aromatic rings. The maximum absolute atomic E-state index is 11.3. The Morgan fingerprint density at radius 2 is 1.59 bits per heavy atom. The molecule has 2 N–H and O–H groups in total. The topological polar surface area (TPSA) is 101 Å². The molecule has 0 atom stereocenters. The van der Waals surface area contributed by atoms with E-state index < -0.39 is 24.5 Å². The van der Waals surface area contributed by atoms with E-state index in [2.05, 4.69) is 4.74 Å². The van der Waals surface area contributed by atoms with Gasteiger partial charge in [-0.3, -0.25) is 0 Å². The van der Waals surface area contributed by atoms with Crippen LogP contribution in [-0.2, 0) is 9.53 Å². The van der Waals surface area contributed by atoms with Gasteiger partial charge in [0.05, 0.1) is 11.1 Å². The van der Waals surface area contributed by atoms with E-state index in [0.29, 0.717) is 0 Å². The van der Waals surface area contributed by atoms with Crippen LogP contribution in [0, 0.1) is 0 Å². The molecular weight excluding hydrogens is 239 g/mol. The van der Waals surface area contributed by atoms with Gasteiger partial charge in [0, 0.05) is 0 Å². The number of aromatic carboxylic acids is 1. The second kappa shape index (κ2) is 7.05. The van der Waals surface area contributed by atoms with E-state index in [0.717, 1.165) is 0 Å². The SMILES string of the molecule is O=C(O)COC(=O)c1ccccc1C(=O)O.[NaH]. The van der Waals surface area contributed by atoms with Gasteiger partial charge in [-0.1, -0.05) is 12.1 Å². The number of carboxylic acids is 2. The molecule has 86 valence electrons. The zero-order valence-electron chi connectivity index (χ0n) is 8.04. The Hall–Kier alpha value is -1.37. The van der Waals surface area contributed by atoms with Crippen LogP contribution in [0.5, 0.6) is 0 Å². The molecule has 1 aromatic carbocycles. The Morgan fingerprint density at radius 3 is 2.06 bits per heavy atom. The standard InChI is InChI=1S/C10H8O6.Na.H/c11-8(12)5-16-10(15)7-4-2-1-3-6(7)9(13)14;;/h1-4H,5H2,(H,11,12)(H,13,14);;. The molecule has 0 heterocycles. The molecule has 0 amide bonds. The van der Waals surface area contributed by atoms with Crippen LogP contribution in [0.25, 0.3) is 0 Å². The van der Waals surface area contributed by atoms with Gasteiger partial charge in [-0.25, -0.2) is 14.4 Å². The molecule has 0 saturated heterocycles. The number of ether oxygens (including phenoxy) is 1. The molecule has 1 rings (SSSR count). The average Bonchev–Trinajstić information content (AvgIpc) is 2.25. The van der Waals surface area contributed by atoms with Crippen molar-refractivity contribution in [3.05, 3.63) is 35.4 Å². The van der Waals surface area contributed by atoms with Crippen molar-refractivity contribution in [1.82, 2.24) is 0 Å². The second-order valence-corrected chi connectivity index (χ2v) is 2.82. The van der Waals surface area contributed by atoms with Crippen molar-refractivity contribution in [3.8, 4) is 0 Å². The Balaban J connectivity index is 0.00000256. The second-order valence-electron chi connectivity index (χ2n) is 2.82. The van der Waals surface area contributed by atoms with Crippen LogP contribution in [-0.4, -0.2) is 64.3 Å². The molecule has 0 aliphatic carbocycles. The van der Waals surface area contributed by atoms with Crippen molar-refractivity contribution in [3.63, 3.8) is 0 Å². The third-order valence-corrected chi connectivity index (χ3v) is 1.70. The van der Waals surface area contributed by atoms with Crippen molar-refractivity contribution in [1.29, 1.82) is 0 Å². The molecule has 0 spiro atoms. The van der Waals surface area contributed by atoms with Gasteiger partial charge < -0.3 is 14.9 Å². The number of carboxylic acid groups (broad SMARTS) is 2. The van der Waals surface area contributed by atoms with Gasteiger partial charge in [0.1, 0.15) is 0 Å². The van der Waals surface area contributed by atoms with Crippen molar-refractivity contribution < 1.29 is 29.3 Å². The van der Waals surface area contributed by atoms with Gasteiger partial charge in [0.2, 0.25) is 0 Å². The first-order valence-corrected chi connectivity index (χ1v) is 4.23. The van der Waals surface area contributed by atoms with Gasteiger partial charge in [-0.2, -0.15) is 0 Å². The Labute approximate surface area is 118 Å². The Morgan fingerprint density at radius 1 is 1.06 bits per heavy atom. The fraction of sp³-hybridized carbons (Fsp3) is 0.100. The number of carbonyl (C=O) groups is 3. The van der Waals surface area contributed by atoms with E-state index in [1.807, 2.05) is 0 Å². The third-order valence-electron chi connectivity index (χ3n) is 1.70. The summed E-state index contributed by atoms with van der Waals surface area (Å²) >= 11 is 0. The number of esters is 1. The molecule has 17 heavy (non-hydrogen) atoms. The first-order valence-electron chi connectivity index (χ1n) is 4.23. The average molecular weight is 248 g/mol. The number of hydrogen-bond donors (Lipinski definition) is 2. The first kappa shape index (κ1) is 15.6. The van der Waals surface area contributed by atoms with E-state index in [4.69, 9.17) is 10.2 Å². The molecule has 0 unspecified atom stereocenters. The van der Waals surface area contributed by atoms with Crippen molar-refractivity contribution in [2.45, 2.75) is 0 Å². The molecule has 0 aliphatic rings. The summed E-state index contributed by atoms with van der Waals surface area (Å²) in [7, 11) is 0. The van der Waals surface area contributed by atoms with Crippen LogP contribution in [0.4, 0.5) is 0 Å². The summed E-state index contributed by atoms with van der Waals surface area (Å²) in [6.07, 6.45) is 0. The number of carbonyl (C=O) groups excluding carboxylic acids is 1. The monoisotopic (exact) mass is 248 g/mol. The molecular formula is C10H9NaO6. The molecule has 6 nitrogen and oxygen atoms in total. The van der Waals surface area contributed by atoms with Crippen LogP contribution in [0.1, 0.15) is 20.7 Å². The summed E-state index contributed by atoms with van der Waals surface area (Å²) in [5.41, 5.74) is -0.394. The van der Waals surface area contributed by atoms with Crippen LogP contribution in [0.2, 0.25) is 0 Å². The van der Waals surface area contributed by atoms with Crippen LogP contribution in [0.3, 0.4) is 0 Å². The van der Waals surface area contributed by atoms with E-state index in [1.165, 1.54) is 24.3 Å². The summed E-state index contributed by atoms with van der Waals surface area (Å²) in [6.45, 7) is -0.799. The number of hydrogen-bond acceptors (Lipinski definition) is 4. The van der Waals surface area contributed by atoms with E-state index in [-0.39, 0.29) is 40.7 Å². The Bertz CT molecular complexity index is 442. The normalized spacial score (nSPS) is 8.94. The zero-order chi connectivity index (χ0) is 12.1. The predicted octanol–water partition coefficient (Wildman–Crippen LogP) is -0.0223. The number of rotatable bonds is 4. The molecule has 0 radical (unpaired) electrons. The fourth-order valence-corrected chi connectivity index (χ4v) is 1.05. The minimum absolute atomic E-state index is 0. The molecule has 0 saturated carbocycles. The van der Waals surface area contributed by atoms with E-state index >= 15 is 0 Å². The van der Waals surface area contributed by atoms with Crippen LogP contribution >= 0.6 is 0 Å². The quantitative estimate of drug-likeness (QED) is 0.573. The summed E-state index contributed by atoms with van der Waals surface area (Å²) in [4.78, 5) is 32.2.